The minimum Gasteiger partial charge on any atom is -0.497 e. The maximum Gasteiger partial charge on any atom is 0.193 e. The normalized spacial score (nSPS) is 17.5. The third kappa shape index (κ3) is 5.78. The summed E-state index contributed by atoms with van der Waals surface area (Å²) in [5.41, 5.74) is 1.06. The number of hydrogen-bond donors (Lipinski definition) is 1. The van der Waals surface area contributed by atoms with Crippen molar-refractivity contribution in [1.82, 2.24) is 10.2 Å². The number of nitrogens with zero attached hydrogens (tertiary/aromatic N) is 2. The predicted molar refractivity (Wildman–Crippen MR) is 102 cm³/mol. The Morgan fingerprint density at radius 3 is 2.77 bits per heavy atom. The van der Waals surface area contributed by atoms with Crippen LogP contribution in [-0.4, -0.2) is 72.1 Å². The van der Waals surface area contributed by atoms with Gasteiger partial charge in [-0.1, -0.05) is 0 Å². The molecule has 0 spiro atoms. The highest BCUT2D eigenvalue weighted by atomic mass is 16.5. The van der Waals surface area contributed by atoms with E-state index in [0.29, 0.717) is 25.7 Å². The van der Waals surface area contributed by atoms with Crippen LogP contribution in [0.4, 0.5) is 0 Å². The molecule has 7 heteroatoms. The first-order chi connectivity index (χ1) is 12.7. The monoisotopic (exact) mass is 365 g/mol. The molecule has 0 aromatic heterocycles. The number of guanidine groups is 1. The molecule has 7 nitrogen and oxygen atoms in total. The number of aliphatic imine (C=N–C) groups is 1. The Bertz CT molecular complexity index is 580. The van der Waals surface area contributed by atoms with E-state index in [9.17, 15) is 0 Å². The number of methoxy groups -OCH3 is 3. The molecule has 0 amide bonds. The molecule has 1 saturated heterocycles. The second-order valence-electron chi connectivity index (χ2n) is 6.25. The van der Waals surface area contributed by atoms with Crippen LogP contribution in [0.3, 0.4) is 0 Å². The van der Waals surface area contributed by atoms with Crippen molar-refractivity contribution in [3.63, 3.8) is 0 Å². The molecule has 1 aromatic rings. The van der Waals surface area contributed by atoms with Crippen LogP contribution in [0.1, 0.15) is 12.0 Å². The van der Waals surface area contributed by atoms with Gasteiger partial charge in [-0.2, -0.15) is 0 Å². The summed E-state index contributed by atoms with van der Waals surface area (Å²) >= 11 is 0. The molecule has 1 aromatic carbocycles. The van der Waals surface area contributed by atoms with Crippen molar-refractivity contribution < 1.29 is 18.9 Å². The van der Waals surface area contributed by atoms with E-state index in [1.54, 1.807) is 21.3 Å². The van der Waals surface area contributed by atoms with E-state index >= 15 is 0 Å². The standard InChI is InChI=1S/C19H31N3O4/c1-20-19(22-8-7-15(13-22)14-26-10-9-23-2)21-12-16-5-6-17(24-3)11-18(16)25-4/h5-6,11,15H,7-10,12-14H2,1-4H3,(H,20,21). The number of ether oxygens (including phenoxy) is 4. The molecule has 1 N–H and O–H groups in total. The lowest BCUT2D eigenvalue weighted by Gasteiger charge is -2.22. The van der Waals surface area contributed by atoms with Gasteiger partial charge in [0.15, 0.2) is 5.96 Å². The molecule has 1 aliphatic heterocycles. The highest BCUT2D eigenvalue weighted by molar-refractivity contribution is 5.80. The van der Waals surface area contributed by atoms with Gasteiger partial charge in [0.05, 0.1) is 34.0 Å². The van der Waals surface area contributed by atoms with Crippen LogP contribution in [0.5, 0.6) is 11.5 Å². The second kappa shape index (κ2) is 10.9. The van der Waals surface area contributed by atoms with E-state index in [4.69, 9.17) is 18.9 Å². The van der Waals surface area contributed by atoms with Gasteiger partial charge in [0.2, 0.25) is 0 Å². The molecule has 2 rings (SSSR count). The smallest absolute Gasteiger partial charge is 0.193 e. The fourth-order valence-electron chi connectivity index (χ4n) is 3.06. The van der Waals surface area contributed by atoms with Gasteiger partial charge in [-0.15, -0.1) is 0 Å². The quantitative estimate of drug-likeness (QED) is 0.409. The molecule has 1 unspecified atom stereocenters. The summed E-state index contributed by atoms with van der Waals surface area (Å²) in [6.07, 6.45) is 1.11. The number of rotatable bonds is 9. The van der Waals surface area contributed by atoms with Crippen molar-refractivity contribution in [1.29, 1.82) is 0 Å². The zero-order valence-electron chi connectivity index (χ0n) is 16.3. The summed E-state index contributed by atoms with van der Waals surface area (Å²) in [7, 11) is 6.82. The van der Waals surface area contributed by atoms with Crippen LogP contribution in [0.25, 0.3) is 0 Å². The van der Waals surface area contributed by atoms with E-state index in [2.05, 4.69) is 15.2 Å². The predicted octanol–water partition coefficient (Wildman–Crippen LogP) is 1.76. The third-order valence-corrected chi connectivity index (χ3v) is 4.51. The number of benzene rings is 1. The molecular formula is C19H31N3O4. The van der Waals surface area contributed by atoms with Crippen molar-refractivity contribution in [2.24, 2.45) is 10.9 Å². The molecule has 0 saturated carbocycles. The number of nitrogens with one attached hydrogen (secondary N) is 1. The largest absolute Gasteiger partial charge is 0.497 e. The summed E-state index contributed by atoms with van der Waals surface area (Å²) in [4.78, 5) is 6.70. The Morgan fingerprint density at radius 2 is 2.08 bits per heavy atom. The molecule has 0 radical (unpaired) electrons. The van der Waals surface area contributed by atoms with Gasteiger partial charge >= 0.3 is 0 Å². The van der Waals surface area contributed by atoms with Crippen LogP contribution in [0.15, 0.2) is 23.2 Å². The van der Waals surface area contributed by atoms with Gasteiger partial charge < -0.3 is 29.2 Å². The molecule has 26 heavy (non-hydrogen) atoms. The van der Waals surface area contributed by atoms with Gasteiger partial charge in [-0.3, -0.25) is 4.99 Å². The van der Waals surface area contributed by atoms with E-state index in [0.717, 1.165) is 49.1 Å². The third-order valence-electron chi connectivity index (χ3n) is 4.51. The van der Waals surface area contributed by atoms with Crippen LogP contribution >= 0.6 is 0 Å². The maximum atomic E-state index is 5.66. The van der Waals surface area contributed by atoms with E-state index in [1.807, 2.05) is 25.2 Å². The maximum absolute atomic E-state index is 5.66. The molecule has 1 aliphatic rings. The first kappa shape index (κ1) is 20.3. The van der Waals surface area contributed by atoms with Gasteiger partial charge in [0.1, 0.15) is 11.5 Å². The topological polar surface area (TPSA) is 64.6 Å². The zero-order valence-corrected chi connectivity index (χ0v) is 16.3. The van der Waals surface area contributed by atoms with Gasteiger partial charge in [0.25, 0.3) is 0 Å². The molecule has 146 valence electrons. The summed E-state index contributed by atoms with van der Waals surface area (Å²) in [5.74, 6) is 3.02. The van der Waals surface area contributed by atoms with Gasteiger partial charge in [-0.05, 0) is 18.6 Å². The van der Waals surface area contributed by atoms with Crippen molar-refractivity contribution in [3.8, 4) is 11.5 Å². The van der Waals surface area contributed by atoms with Crippen molar-refractivity contribution in [3.05, 3.63) is 23.8 Å². The SMILES string of the molecule is CN=C(NCc1ccc(OC)cc1OC)N1CCC(COCCOC)C1. The molecule has 0 bridgehead atoms. The van der Waals surface area contributed by atoms with Crippen molar-refractivity contribution in [2.45, 2.75) is 13.0 Å². The minimum absolute atomic E-state index is 0.529. The zero-order chi connectivity index (χ0) is 18.8. The first-order valence-corrected chi connectivity index (χ1v) is 8.95. The van der Waals surface area contributed by atoms with Gasteiger partial charge in [0, 0.05) is 51.3 Å². The fourth-order valence-corrected chi connectivity index (χ4v) is 3.06. The lowest BCUT2D eigenvalue weighted by Crippen LogP contribution is -2.39. The Morgan fingerprint density at radius 1 is 1.23 bits per heavy atom. The number of likely N-dealkylation sites (tertiary alicyclic amines) is 1. The van der Waals surface area contributed by atoms with E-state index < -0.39 is 0 Å². The fraction of sp³-hybridized carbons (Fsp3) is 0.632. The summed E-state index contributed by atoms with van der Waals surface area (Å²) < 4.78 is 21.4. The summed E-state index contributed by atoms with van der Waals surface area (Å²) in [6, 6.07) is 5.84. The molecule has 1 heterocycles. The molecule has 1 fully saturated rings. The Hall–Kier alpha value is -1.99. The van der Waals surface area contributed by atoms with Crippen LogP contribution in [0.2, 0.25) is 0 Å². The minimum atomic E-state index is 0.529. The van der Waals surface area contributed by atoms with Crippen molar-refractivity contribution in [2.75, 3.05) is 61.3 Å². The average molecular weight is 365 g/mol. The number of hydrogen-bond acceptors (Lipinski definition) is 5. The summed E-state index contributed by atoms with van der Waals surface area (Å²) in [5, 5.41) is 3.43. The van der Waals surface area contributed by atoms with Gasteiger partial charge in [-0.25, -0.2) is 0 Å². The second-order valence-corrected chi connectivity index (χ2v) is 6.25. The lowest BCUT2D eigenvalue weighted by molar-refractivity contribution is 0.0536. The average Bonchev–Trinajstić information content (AvgIpc) is 3.14. The Labute approximate surface area is 156 Å². The molecule has 0 aliphatic carbocycles. The van der Waals surface area contributed by atoms with Crippen molar-refractivity contribution >= 4 is 5.96 Å². The van der Waals surface area contributed by atoms with Crippen LogP contribution in [0, 0.1) is 5.92 Å². The Kier molecular flexibility index (Phi) is 8.50. The highest BCUT2D eigenvalue weighted by Gasteiger charge is 2.25. The Balaban J connectivity index is 1.85. The van der Waals surface area contributed by atoms with Crippen LogP contribution < -0.4 is 14.8 Å². The van der Waals surface area contributed by atoms with E-state index in [1.165, 1.54) is 0 Å². The summed E-state index contributed by atoms with van der Waals surface area (Å²) in [6.45, 7) is 4.64. The molecule has 1 atom stereocenters. The molecular weight excluding hydrogens is 334 g/mol. The highest BCUT2D eigenvalue weighted by Crippen LogP contribution is 2.24. The van der Waals surface area contributed by atoms with E-state index in [-0.39, 0.29) is 0 Å². The first-order valence-electron chi connectivity index (χ1n) is 8.95. The lowest BCUT2D eigenvalue weighted by atomic mass is 10.1. The van der Waals surface area contributed by atoms with Crippen LogP contribution in [-0.2, 0) is 16.0 Å².